The number of carbonyl (C=O) groups excluding carboxylic acids is 2. The van der Waals surface area contributed by atoms with Gasteiger partial charge in [-0.25, -0.2) is 4.79 Å². The lowest BCUT2D eigenvalue weighted by molar-refractivity contribution is -0.120. The zero-order valence-electron chi connectivity index (χ0n) is 10.0. The van der Waals surface area contributed by atoms with E-state index < -0.39 is 24.6 Å². The summed E-state index contributed by atoms with van der Waals surface area (Å²) in [5.41, 5.74) is 5.00. The minimum absolute atomic E-state index is 0.101. The first-order valence-corrected chi connectivity index (χ1v) is 5.31. The lowest BCUT2D eigenvalue weighted by Crippen LogP contribution is -2.43. The van der Waals surface area contributed by atoms with E-state index in [-0.39, 0.29) is 11.4 Å². The van der Waals surface area contributed by atoms with E-state index in [1.807, 2.05) is 5.32 Å². The van der Waals surface area contributed by atoms with Crippen LogP contribution in [0.5, 0.6) is 5.75 Å². The highest BCUT2D eigenvalue weighted by Gasteiger charge is 2.16. The summed E-state index contributed by atoms with van der Waals surface area (Å²) >= 11 is 0. The van der Waals surface area contributed by atoms with Gasteiger partial charge in [0.25, 0.3) is 0 Å². The first-order valence-electron chi connectivity index (χ1n) is 5.31. The number of anilines is 1. The van der Waals surface area contributed by atoms with E-state index >= 15 is 0 Å². The van der Waals surface area contributed by atoms with Crippen LogP contribution < -0.4 is 21.1 Å². The van der Waals surface area contributed by atoms with Gasteiger partial charge in [-0.15, -0.1) is 0 Å². The zero-order valence-corrected chi connectivity index (χ0v) is 10.0. The quantitative estimate of drug-likeness (QED) is 0.753. The SMILES string of the molecule is CC(Nc1ccccc1OC(F)F)C(=O)NC(N)=O. The van der Waals surface area contributed by atoms with Crippen LogP contribution in [0.2, 0.25) is 0 Å². The molecular weight excluding hydrogens is 260 g/mol. The van der Waals surface area contributed by atoms with Crippen molar-refractivity contribution < 1.29 is 23.1 Å². The molecule has 1 aromatic rings. The number of nitrogens with one attached hydrogen (secondary N) is 2. The van der Waals surface area contributed by atoms with E-state index in [4.69, 9.17) is 5.73 Å². The van der Waals surface area contributed by atoms with E-state index in [2.05, 4.69) is 10.1 Å². The summed E-state index contributed by atoms with van der Waals surface area (Å²) < 4.78 is 28.6. The fourth-order valence-corrected chi connectivity index (χ4v) is 1.31. The van der Waals surface area contributed by atoms with Gasteiger partial charge < -0.3 is 15.8 Å². The van der Waals surface area contributed by atoms with E-state index in [0.717, 1.165) is 0 Å². The molecule has 0 heterocycles. The Morgan fingerprint density at radius 2 is 1.95 bits per heavy atom. The summed E-state index contributed by atoms with van der Waals surface area (Å²) in [4.78, 5) is 21.9. The first-order chi connectivity index (χ1) is 8.90. The van der Waals surface area contributed by atoms with Gasteiger partial charge in [0.15, 0.2) is 0 Å². The van der Waals surface area contributed by atoms with Crippen molar-refractivity contribution in [3.8, 4) is 5.75 Å². The number of alkyl halides is 2. The molecule has 1 unspecified atom stereocenters. The molecule has 1 atom stereocenters. The van der Waals surface area contributed by atoms with Gasteiger partial charge in [-0.3, -0.25) is 10.1 Å². The number of amides is 3. The van der Waals surface area contributed by atoms with Gasteiger partial charge >= 0.3 is 12.6 Å². The van der Waals surface area contributed by atoms with Gasteiger partial charge in [-0.05, 0) is 19.1 Å². The normalized spacial score (nSPS) is 11.8. The highest BCUT2D eigenvalue weighted by atomic mass is 19.3. The maximum absolute atomic E-state index is 12.2. The third-order valence-corrected chi connectivity index (χ3v) is 2.11. The maximum atomic E-state index is 12.2. The molecule has 0 saturated carbocycles. The average molecular weight is 273 g/mol. The van der Waals surface area contributed by atoms with Crippen LogP contribution in [-0.2, 0) is 4.79 Å². The van der Waals surface area contributed by atoms with Crippen LogP contribution in [0.25, 0.3) is 0 Å². The Morgan fingerprint density at radius 1 is 1.32 bits per heavy atom. The minimum atomic E-state index is -2.97. The molecule has 0 aliphatic carbocycles. The van der Waals surface area contributed by atoms with E-state index in [1.165, 1.54) is 25.1 Å². The van der Waals surface area contributed by atoms with Crippen LogP contribution in [0.4, 0.5) is 19.3 Å². The zero-order chi connectivity index (χ0) is 14.4. The number of rotatable bonds is 5. The second kappa shape index (κ2) is 6.53. The predicted octanol–water partition coefficient (Wildman–Crippen LogP) is 1.28. The number of ether oxygens (including phenoxy) is 1. The number of primary amides is 1. The molecule has 0 radical (unpaired) electrons. The molecule has 8 heteroatoms. The van der Waals surface area contributed by atoms with Crippen LogP contribution in [0, 0.1) is 0 Å². The monoisotopic (exact) mass is 273 g/mol. The molecule has 0 saturated heterocycles. The summed E-state index contributed by atoms with van der Waals surface area (Å²) in [7, 11) is 0. The molecule has 0 aliphatic rings. The number of halogens is 2. The number of nitrogens with two attached hydrogens (primary N) is 1. The van der Waals surface area contributed by atoms with Crippen molar-refractivity contribution >= 4 is 17.6 Å². The maximum Gasteiger partial charge on any atom is 0.387 e. The van der Waals surface area contributed by atoms with Crippen LogP contribution in [0.3, 0.4) is 0 Å². The second-order valence-corrected chi connectivity index (χ2v) is 3.59. The highest BCUT2D eigenvalue weighted by Crippen LogP contribution is 2.25. The topological polar surface area (TPSA) is 93.4 Å². The van der Waals surface area contributed by atoms with Crippen LogP contribution in [0.1, 0.15) is 6.92 Å². The predicted molar refractivity (Wildman–Crippen MR) is 63.9 cm³/mol. The average Bonchev–Trinajstić information content (AvgIpc) is 2.30. The third-order valence-electron chi connectivity index (χ3n) is 2.11. The fraction of sp³-hybridized carbons (Fsp3) is 0.273. The van der Waals surface area contributed by atoms with Crippen molar-refractivity contribution in [3.63, 3.8) is 0 Å². The van der Waals surface area contributed by atoms with Gasteiger partial charge in [0.1, 0.15) is 11.8 Å². The van der Waals surface area contributed by atoms with Crippen molar-refractivity contribution in [1.82, 2.24) is 5.32 Å². The van der Waals surface area contributed by atoms with Gasteiger partial charge in [0, 0.05) is 0 Å². The molecule has 1 aromatic carbocycles. The van der Waals surface area contributed by atoms with E-state index in [9.17, 15) is 18.4 Å². The Balaban J connectivity index is 2.75. The third kappa shape index (κ3) is 4.78. The molecule has 19 heavy (non-hydrogen) atoms. The van der Waals surface area contributed by atoms with Crippen LogP contribution in [0.15, 0.2) is 24.3 Å². The minimum Gasteiger partial charge on any atom is -0.433 e. The number of urea groups is 1. The molecule has 0 bridgehead atoms. The molecule has 3 amide bonds. The fourth-order valence-electron chi connectivity index (χ4n) is 1.31. The molecule has 0 aliphatic heterocycles. The number of imide groups is 1. The number of hydrogen-bond acceptors (Lipinski definition) is 4. The van der Waals surface area contributed by atoms with E-state index in [0.29, 0.717) is 0 Å². The summed E-state index contributed by atoms with van der Waals surface area (Å²) in [5.74, 6) is -0.782. The van der Waals surface area contributed by atoms with Gasteiger partial charge in [-0.2, -0.15) is 8.78 Å². The molecule has 0 spiro atoms. The van der Waals surface area contributed by atoms with Crippen LogP contribution >= 0.6 is 0 Å². The molecule has 0 fully saturated rings. The van der Waals surface area contributed by atoms with Crippen molar-refractivity contribution in [2.75, 3.05) is 5.32 Å². The summed E-state index contributed by atoms with van der Waals surface area (Å²) in [5, 5.41) is 4.51. The molecule has 6 nitrogen and oxygen atoms in total. The number of benzene rings is 1. The Hall–Kier alpha value is -2.38. The summed E-state index contributed by atoms with van der Waals surface area (Å²) in [6, 6.07) is 4.04. The lowest BCUT2D eigenvalue weighted by Gasteiger charge is -2.16. The standard InChI is InChI=1S/C11H13F2N3O3/c1-6(9(17)16-11(14)18)15-7-4-2-3-5-8(7)19-10(12)13/h2-6,10,15H,1H3,(H3,14,16,17,18). The van der Waals surface area contributed by atoms with Gasteiger partial charge in [-0.1, -0.05) is 12.1 Å². The molecule has 4 N–H and O–H groups in total. The van der Waals surface area contributed by atoms with Gasteiger partial charge in [0.05, 0.1) is 5.69 Å². The second-order valence-electron chi connectivity index (χ2n) is 3.59. The van der Waals surface area contributed by atoms with Crippen molar-refractivity contribution in [3.05, 3.63) is 24.3 Å². The Labute approximate surface area is 107 Å². The smallest absolute Gasteiger partial charge is 0.387 e. The number of carbonyl (C=O) groups is 2. The summed E-state index contributed by atoms with van der Waals surface area (Å²) in [6.45, 7) is -1.53. The highest BCUT2D eigenvalue weighted by molar-refractivity contribution is 5.97. The summed E-state index contributed by atoms with van der Waals surface area (Å²) in [6.07, 6.45) is 0. The first kappa shape index (κ1) is 14.7. The van der Waals surface area contributed by atoms with Crippen molar-refractivity contribution in [2.45, 2.75) is 19.6 Å². The van der Waals surface area contributed by atoms with Crippen LogP contribution in [-0.4, -0.2) is 24.6 Å². The lowest BCUT2D eigenvalue weighted by atomic mass is 10.2. The van der Waals surface area contributed by atoms with Crippen molar-refractivity contribution in [1.29, 1.82) is 0 Å². The Morgan fingerprint density at radius 3 is 2.53 bits per heavy atom. The Bertz CT molecular complexity index is 468. The number of hydrogen-bond donors (Lipinski definition) is 3. The van der Waals surface area contributed by atoms with E-state index in [1.54, 1.807) is 6.07 Å². The molecule has 1 rings (SSSR count). The largest absolute Gasteiger partial charge is 0.433 e. The Kier molecular flexibility index (Phi) is 5.04. The molecular formula is C11H13F2N3O3. The molecule has 104 valence electrons. The van der Waals surface area contributed by atoms with Crippen molar-refractivity contribution in [2.24, 2.45) is 5.73 Å². The van der Waals surface area contributed by atoms with Gasteiger partial charge in [0.2, 0.25) is 5.91 Å². The number of para-hydroxylation sites is 2. The molecule has 0 aromatic heterocycles.